The smallest absolute Gasteiger partial charge is 0.162 e. The fourth-order valence-electron chi connectivity index (χ4n) is 3.48. The summed E-state index contributed by atoms with van der Waals surface area (Å²) in [7, 11) is 0. The van der Waals surface area contributed by atoms with Gasteiger partial charge in [0.25, 0.3) is 0 Å². The van der Waals surface area contributed by atoms with Crippen LogP contribution in [0.5, 0.6) is 0 Å². The first-order chi connectivity index (χ1) is 16.3. The van der Waals surface area contributed by atoms with Gasteiger partial charge in [-0.25, -0.2) is 26.3 Å². The molecule has 0 aromatic heterocycles. The van der Waals surface area contributed by atoms with E-state index in [2.05, 4.69) is 0 Å². The third-order valence-electron chi connectivity index (χ3n) is 5.34. The van der Waals surface area contributed by atoms with Crippen LogP contribution in [-0.4, -0.2) is 11.5 Å². The van der Waals surface area contributed by atoms with E-state index in [4.69, 9.17) is 0 Å². The van der Waals surface area contributed by atoms with Crippen LogP contribution in [0.4, 0.5) is 26.3 Å². The average molecular weight is 495 g/mol. The Labute approximate surface area is 199 Å². The van der Waals surface area contributed by atoms with Gasteiger partial charge in [-0.1, -0.05) is 43.3 Å². The van der Waals surface area contributed by atoms with E-state index < -0.39 is 41.3 Å². The summed E-state index contributed by atoms with van der Waals surface area (Å²) < 4.78 is 83.1. The Balaban J connectivity index is 1.69. The Morgan fingerprint density at radius 3 is 2.03 bits per heavy atom. The molecule has 34 heavy (non-hydrogen) atoms. The molecule has 0 saturated carbocycles. The minimum atomic E-state index is -1.20. The Morgan fingerprint density at radius 2 is 1.44 bits per heavy atom. The summed E-state index contributed by atoms with van der Waals surface area (Å²) in [5.74, 6) is -3.83. The molecule has 180 valence electrons. The second kappa shape index (κ2) is 12.2. The molecule has 0 saturated heterocycles. The monoisotopic (exact) mass is 494 g/mol. The van der Waals surface area contributed by atoms with Gasteiger partial charge in [-0.05, 0) is 59.9 Å². The molecule has 0 atom stereocenters. The minimum absolute atomic E-state index is 0.0935. The number of benzene rings is 3. The van der Waals surface area contributed by atoms with Gasteiger partial charge in [0.2, 0.25) is 0 Å². The Hall–Kier alpha value is -2.67. The van der Waals surface area contributed by atoms with Crippen molar-refractivity contribution >= 4 is 17.6 Å². The van der Waals surface area contributed by atoms with Crippen LogP contribution in [0.3, 0.4) is 0 Å². The molecular formula is C27H24F6S. The molecule has 0 heterocycles. The zero-order chi connectivity index (χ0) is 24.7. The van der Waals surface area contributed by atoms with E-state index in [0.717, 1.165) is 30.2 Å². The molecule has 0 radical (unpaired) electrons. The summed E-state index contributed by atoms with van der Waals surface area (Å²) in [6, 6.07) is 12.9. The van der Waals surface area contributed by atoms with E-state index >= 15 is 0 Å². The SMILES string of the molecule is CCCSC/C(F)=C(\F)c1ccc(-c2ccc(CCc3cc(F)c(CF)c(F)c3)cc2)c(F)c1. The van der Waals surface area contributed by atoms with Gasteiger partial charge in [-0.15, -0.1) is 0 Å². The van der Waals surface area contributed by atoms with Gasteiger partial charge in [0.15, 0.2) is 5.83 Å². The first kappa shape index (κ1) is 25.9. The predicted octanol–water partition coefficient (Wildman–Crippen LogP) is 8.78. The van der Waals surface area contributed by atoms with E-state index in [1.54, 1.807) is 24.3 Å². The summed E-state index contributed by atoms with van der Waals surface area (Å²) >= 11 is 1.28. The van der Waals surface area contributed by atoms with E-state index in [1.807, 2.05) is 6.92 Å². The third-order valence-corrected chi connectivity index (χ3v) is 6.49. The van der Waals surface area contributed by atoms with Crippen LogP contribution in [0.25, 0.3) is 17.0 Å². The highest BCUT2D eigenvalue weighted by atomic mass is 32.2. The molecular weight excluding hydrogens is 470 g/mol. The van der Waals surface area contributed by atoms with Crippen LogP contribution in [0, 0.1) is 17.5 Å². The molecule has 0 aliphatic carbocycles. The standard InChI is InChI=1S/C27H24F6S/c1-2-11-34-16-26(32)27(33)20-9-10-21(25(31)14-20)19-7-5-17(6-8-19)3-4-18-12-23(29)22(15-28)24(30)13-18/h5-10,12-14H,2-4,11,15-16H2,1H3/b27-26+. The minimum Gasteiger partial charge on any atom is -0.246 e. The van der Waals surface area contributed by atoms with Gasteiger partial charge in [0, 0.05) is 16.9 Å². The molecule has 3 aromatic carbocycles. The molecule has 0 N–H and O–H groups in total. The van der Waals surface area contributed by atoms with E-state index in [0.29, 0.717) is 29.7 Å². The molecule has 0 bridgehead atoms. The van der Waals surface area contributed by atoms with Gasteiger partial charge in [0.05, 0.1) is 5.56 Å². The summed E-state index contributed by atoms with van der Waals surface area (Å²) in [4.78, 5) is 0. The Kier molecular flexibility index (Phi) is 9.28. The Morgan fingerprint density at radius 1 is 0.794 bits per heavy atom. The van der Waals surface area contributed by atoms with Crippen molar-refractivity contribution in [1.29, 1.82) is 0 Å². The highest BCUT2D eigenvalue weighted by Gasteiger charge is 2.14. The zero-order valence-corrected chi connectivity index (χ0v) is 19.4. The second-order valence-corrected chi connectivity index (χ2v) is 8.94. The third kappa shape index (κ3) is 6.47. The predicted molar refractivity (Wildman–Crippen MR) is 127 cm³/mol. The van der Waals surface area contributed by atoms with Crippen molar-refractivity contribution in [2.75, 3.05) is 11.5 Å². The molecule has 3 aromatic rings. The largest absolute Gasteiger partial charge is 0.246 e. The van der Waals surface area contributed by atoms with Crippen LogP contribution in [-0.2, 0) is 19.5 Å². The molecule has 0 aliphatic heterocycles. The fourth-order valence-corrected chi connectivity index (χ4v) is 4.22. The number of halogens is 6. The van der Waals surface area contributed by atoms with Crippen molar-refractivity contribution in [2.45, 2.75) is 32.9 Å². The van der Waals surface area contributed by atoms with Crippen molar-refractivity contribution in [3.63, 3.8) is 0 Å². The maximum absolute atomic E-state index is 14.7. The zero-order valence-electron chi connectivity index (χ0n) is 18.6. The van der Waals surface area contributed by atoms with E-state index in [-0.39, 0.29) is 16.9 Å². The molecule has 0 nitrogen and oxygen atoms in total. The summed E-state index contributed by atoms with van der Waals surface area (Å²) in [6.45, 7) is 0.744. The first-order valence-electron chi connectivity index (χ1n) is 10.9. The summed E-state index contributed by atoms with van der Waals surface area (Å²) in [5, 5.41) is 0. The number of thioether (sulfide) groups is 1. The topological polar surface area (TPSA) is 0 Å². The van der Waals surface area contributed by atoms with Crippen molar-refractivity contribution < 1.29 is 26.3 Å². The molecule has 3 rings (SSSR count). The van der Waals surface area contributed by atoms with Crippen molar-refractivity contribution in [2.24, 2.45) is 0 Å². The summed E-state index contributed by atoms with van der Waals surface area (Å²) in [5.41, 5.74) is 1.35. The van der Waals surface area contributed by atoms with E-state index in [9.17, 15) is 26.3 Å². The quantitative estimate of drug-likeness (QED) is 0.201. The number of rotatable bonds is 10. The lowest BCUT2D eigenvalue weighted by Gasteiger charge is -2.09. The van der Waals surface area contributed by atoms with Crippen molar-refractivity contribution in [1.82, 2.24) is 0 Å². The highest BCUT2D eigenvalue weighted by molar-refractivity contribution is 7.99. The molecule has 0 aliphatic rings. The fraction of sp³-hybridized carbons (Fsp3) is 0.259. The van der Waals surface area contributed by atoms with E-state index in [1.165, 1.54) is 23.9 Å². The van der Waals surface area contributed by atoms with Crippen molar-refractivity contribution in [3.05, 3.63) is 100 Å². The van der Waals surface area contributed by atoms with Crippen molar-refractivity contribution in [3.8, 4) is 11.1 Å². The highest BCUT2D eigenvalue weighted by Crippen LogP contribution is 2.30. The van der Waals surface area contributed by atoms with Gasteiger partial charge in [0.1, 0.15) is 30.0 Å². The molecule has 0 fully saturated rings. The van der Waals surface area contributed by atoms with Gasteiger partial charge in [-0.3, -0.25) is 0 Å². The number of hydrogen-bond acceptors (Lipinski definition) is 1. The maximum atomic E-state index is 14.7. The number of alkyl halides is 1. The average Bonchev–Trinajstić information content (AvgIpc) is 2.82. The Bertz CT molecular complexity index is 1130. The van der Waals surface area contributed by atoms with Crippen LogP contribution in [0.15, 0.2) is 60.4 Å². The summed E-state index contributed by atoms with van der Waals surface area (Å²) in [6.07, 6.45) is 1.67. The molecule has 0 amide bonds. The maximum Gasteiger partial charge on any atom is 0.162 e. The van der Waals surface area contributed by atoms with Crippen LogP contribution >= 0.6 is 11.8 Å². The van der Waals surface area contributed by atoms with Gasteiger partial charge < -0.3 is 0 Å². The van der Waals surface area contributed by atoms with Gasteiger partial charge in [-0.2, -0.15) is 11.8 Å². The van der Waals surface area contributed by atoms with Crippen LogP contribution in [0.2, 0.25) is 0 Å². The molecule has 7 heteroatoms. The molecule has 0 unspecified atom stereocenters. The lowest BCUT2D eigenvalue weighted by molar-refractivity contribution is 0.439. The first-order valence-corrected chi connectivity index (χ1v) is 12.0. The number of aryl methyl sites for hydroxylation is 2. The van der Waals surface area contributed by atoms with Crippen LogP contribution < -0.4 is 0 Å². The van der Waals surface area contributed by atoms with Gasteiger partial charge >= 0.3 is 0 Å². The normalized spacial score (nSPS) is 12.1. The second-order valence-electron chi connectivity index (χ2n) is 7.83. The lowest BCUT2D eigenvalue weighted by atomic mass is 9.98. The lowest BCUT2D eigenvalue weighted by Crippen LogP contribution is -1.98. The molecule has 0 spiro atoms. The van der Waals surface area contributed by atoms with Crippen LogP contribution in [0.1, 0.15) is 35.6 Å². The number of hydrogen-bond donors (Lipinski definition) is 0.